The van der Waals surface area contributed by atoms with Crippen molar-refractivity contribution in [3.63, 3.8) is 0 Å². The van der Waals surface area contributed by atoms with Crippen LogP contribution in [0.4, 0.5) is 0 Å². The number of nitrogens with one attached hydrogen (secondary N) is 1. The molecular formula is C18H23N3O4. The fourth-order valence-electron chi connectivity index (χ4n) is 2.25. The third-order valence-electron chi connectivity index (χ3n) is 3.67. The van der Waals surface area contributed by atoms with Gasteiger partial charge in [-0.05, 0) is 18.9 Å². The number of hydrogen-bond acceptors (Lipinski definition) is 6. The van der Waals surface area contributed by atoms with Gasteiger partial charge in [0.2, 0.25) is 5.89 Å². The predicted molar refractivity (Wildman–Crippen MR) is 91.8 cm³/mol. The lowest BCUT2D eigenvalue weighted by Gasteiger charge is -2.16. The van der Waals surface area contributed by atoms with Crippen molar-refractivity contribution in [3.05, 3.63) is 53.7 Å². The fraction of sp³-hybridized carbons (Fsp3) is 0.389. The summed E-state index contributed by atoms with van der Waals surface area (Å²) in [6, 6.07) is 8.21. The average molecular weight is 345 g/mol. The van der Waals surface area contributed by atoms with Crippen molar-refractivity contribution in [3.8, 4) is 0 Å². The van der Waals surface area contributed by atoms with E-state index in [0.29, 0.717) is 18.7 Å². The molecule has 2 unspecified atom stereocenters. The van der Waals surface area contributed by atoms with E-state index in [2.05, 4.69) is 10.3 Å². The highest BCUT2D eigenvalue weighted by Gasteiger charge is 2.25. The van der Waals surface area contributed by atoms with Crippen molar-refractivity contribution in [2.45, 2.75) is 38.8 Å². The maximum absolute atomic E-state index is 12.4. The molecule has 0 aliphatic heterocycles. The van der Waals surface area contributed by atoms with Crippen LogP contribution in [0, 0.1) is 0 Å². The number of aromatic nitrogens is 1. The molecule has 0 spiro atoms. The zero-order chi connectivity index (χ0) is 18.2. The van der Waals surface area contributed by atoms with Crippen LogP contribution in [0.3, 0.4) is 0 Å². The number of oxazole rings is 1. The standard InChI is InChI=1S/C18H23N3O4/c1-3-13(19)17-21-15(11-25-17)16(22)20-14(18(23)24-4-2)10-12-8-6-5-7-9-12/h5-9,11,13-14H,3-4,10,19H2,1-2H3,(H,20,22). The average Bonchev–Trinajstić information content (AvgIpc) is 3.12. The van der Waals surface area contributed by atoms with Gasteiger partial charge in [0.15, 0.2) is 5.69 Å². The molecule has 1 aromatic heterocycles. The summed E-state index contributed by atoms with van der Waals surface area (Å²) in [7, 11) is 0. The number of carbonyl (C=O) groups excluding carboxylic acids is 2. The monoisotopic (exact) mass is 345 g/mol. The molecule has 1 heterocycles. The summed E-state index contributed by atoms with van der Waals surface area (Å²) in [6.45, 7) is 3.85. The minimum absolute atomic E-state index is 0.0845. The zero-order valence-corrected chi connectivity index (χ0v) is 14.4. The molecule has 0 bridgehead atoms. The summed E-state index contributed by atoms with van der Waals surface area (Å²) >= 11 is 0. The van der Waals surface area contributed by atoms with E-state index in [0.717, 1.165) is 5.56 Å². The van der Waals surface area contributed by atoms with Gasteiger partial charge < -0.3 is 20.2 Å². The van der Waals surface area contributed by atoms with Gasteiger partial charge >= 0.3 is 5.97 Å². The predicted octanol–water partition coefficient (Wildman–Crippen LogP) is 1.99. The number of benzene rings is 1. The molecule has 2 aromatic rings. The number of hydrogen-bond donors (Lipinski definition) is 2. The maximum atomic E-state index is 12.4. The van der Waals surface area contributed by atoms with Crippen molar-refractivity contribution < 1.29 is 18.7 Å². The normalized spacial score (nSPS) is 13.1. The highest BCUT2D eigenvalue weighted by Crippen LogP contribution is 2.13. The molecule has 25 heavy (non-hydrogen) atoms. The SMILES string of the molecule is CCOC(=O)C(Cc1ccccc1)NC(=O)c1coc(C(N)CC)n1. The summed E-state index contributed by atoms with van der Waals surface area (Å²) in [5.74, 6) is -0.704. The lowest BCUT2D eigenvalue weighted by molar-refractivity contribution is -0.145. The van der Waals surface area contributed by atoms with Crippen LogP contribution < -0.4 is 11.1 Å². The first kappa shape index (κ1) is 18.7. The topological polar surface area (TPSA) is 107 Å². The van der Waals surface area contributed by atoms with Crippen LogP contribution in [0.25, 0.3) is 0 Å². The van der Waals surface area contributed by atoms with Crippen molar-refractivity contribution in [1.29, 1.82) is 0 Å². The number of amides is 1. The lowest BCUT2D eigenvalue weighted by atomic mass is 10.1. The highest BCUT2D eigenvalue weighted by molar-refractivity contribution is 5.95. The summed E-state index contributed by atoms with van der Waals surface area (Å²) in [5.41, 5.74) is 6.83. The van der Waals surface area contributed by atoms with Crippen LogP contribution >= 0.6 is 0 Å². The van der Waals surface area contributed by atoms with Gasteiger partial charge in [0.1, 0.15) is 12.3 Å². The molecular weight excluding hydrogens is 322 g/mol. The summed E-state index contributed by atoms with van der Waals surface area (Å²) in [4.78, 5) is 28.7. The van der Waals surface area contributed by atoms with Crippen LogP contribution in [-0.4, -0.2) is 29.5 Å². The minimum atomic E-state index is -0.810. The molecule has 0 radical (unpaired) electrons. The molecule has 2 atom stereocenters. The van der Waals surface area contributed by atoms with Crippen LogP contribution in [-0.2, 0) is 16.0 Å². The Bertz CT molecular complexity index is 699. The second kappa shape index (κ2) is 8.98. The van der Waals surface area contributed by atoms with Gasteiger partial charge in [-0.1, -0.05) is 37.3 Å². The Balaban J connectivity index is 2.10. The quantitative estimate of drug-likeness (QED) is 0.709. The van der Waals surface area contributed by atoms with E-state index in [9.17, 15) is 9.59 Å². The maximum Gasteiger partial charge on any atom is 0.328 e. The number of esters is 1. The number of carbonyl (C=O) groups is 2. The molecule has 1 amide bonds. The van der Waals surface area contributed by atoms with Gasteiger partial charge in [-0.3, -0.25) is 4.79 Å². The van der Waals surface area contributed by atoms with Crippen molar-refractivity contribution in [1.82, 2.24) is 10.3 Å². The Morgan fingerprint density at radius 3 is 2.64 bits per heavy atom. The van der Waals surface area contributed by atoms with E-state index in [1.165, 1.54) is 6.26 Å². The summed E-state index contributed by atoms with van der Waals surface area (Å²) in [5, 5.41) is 2.66. The second-order valence-corrected chi connectivity index (χ2v) is 5.55. The second-order valence-electron chi connectivity index (χ2n) is 5.55. The van der Waals surface area contributed by atoms with Crippen LogP contribution in [0.5, 0.6) is 0 Å². The molecule has 7 heteroatoms. The molecule has 0 aliphatic carbocycles. The Hall–Kier alpha value is -2.67. The Morgan fingerprint density at radius 1 is 1.28 bits per heavy atom. The van der Waals surface area contributed by atoms with Crippen LogP contribution in [0.1, 0.15) is 48.3 Å². The molecule has 7 nitrogen and oxygen atoms in total. The Labute approximate surface area is 146 Å². The number of rotatable bonds is 8. The van der Waals surface area contributed by atoms with Gasteiger partial charge in [0, 0.05) is 6.42 Å². The van der Waals surface area contributed by atoms with Crippen molar-refractivity contribution in [2.24, 2.45) is 5.73 Å². The van der Waals surface area contributed by atoms with E-state index < -0.39 is 17.9 Å². The Morgan fingerprint density at radius 2 is 2.00 bits per heavy atom. The summed E-state index contributed by atoms with van der Waals surface area (Å²) < 4.78 is 10.3. The van der Waals surface area contributed by atoms with Gasteiger partial charge in [-0.15, -0.1) is 0 Å². The lowest BCUT2D eigenvalue weighted by Crippen LogP contribution is -2.43. The van der Waals surface area contributed by atoms with Crippen molar-refractivity contribution >= 4 is 11.9 Å². The van der Waals surface area contributed by atoms with E-state index in [-0.39, 0.29) is 18.3 Å². The molecule has 0 saturated carbocycles. The molecule has 134 valence electrons. The summed E-state index contributed by atoms with van der Waals surface area (Å²) in [6.07, 6.45) is 2.20. The van der Waals surface area contributed by atoms with Crippen LogP contribution in [0.2, 0.25) is 0 Å². The number of nitrogens with zero attached hydrogens (tertiary/aromatic N) is 1. The molecule has 0 aliphatic rings. The Kier molecular flexibility index (Phi) is 6.71. The van der Waals surface area contributed by atoms with Crippen molar-refractivity contribution in [2.75, 3.05) is 6.61 Å². The van der Waals surface area contributed by atoms with Gasteiger partial charge in [0.25, 0.3) is 5.91 Å². The van der Waals surface area contributed by atoms with Gasteiger partial charge in [-0.2, -0.15) is 0 Å². The van der Waals surface area contributed by atoms with E-state index >= 15 is 0 Å². The van der Waals surface area contributed by atoms with Crippen LogP contribution in [0.15, 0.2) is 41.0 Å². The molecule has 0 saturated heterocycles. The molecule has 1 aromatic carbocycles. The highest BCUT2D eigenvalue weighted by atomic mass is 16.5. The molecule has 3 N–H and O–H groups in total. The smallest absolute Gasteiger partial charge is 0.328 e. The largest absolute Gasteiger partial charge is 0.464 e. The zero-order valence-electron chi connectivity index (χ0n) is 14.4. The van der Waals surface area contributed by atoms with Gasteiger partial charge in [-0.25, -0.2) is 9.78 Å². The fourth-order valence-corrected chi connectivity index (χ4v) is 2.25. The number of nitrogens with two attached hydrogens (primary N) is 1. The van der Waals surface area contributed by atoms with Gasteiger partial charge in [0.05, 0.1) is 12.6 Å². The minimum Gasteiger partial charge on any atom is -0.464 e. The van der Waals surface area contributed by atoms with E-state index in [4.69, 9.17) is 14.9 Å². The van der Waals surface area contributed by atoms with E-state index in [1.807, 2.05) is 37.3 Å². The third-order valence-corrected chi connectivity index (χ3v) is 3.67. The number of ether oxygens (including phenoxy) is 1. The molecule has 0 fully saturated rings. The first-order valence-corrected chi connectivity index (χ1v) is 8.27. The molecule has 2 rings (SSSR count). The first-order valence-electron chi connectivity index (χ1n) is 8.27. The first-order chi connectivity index (χ1) is 12.0. The third kappa shape index (κ3) is 5.15. The van der Waals surface area contributed by atoms with E-state index in [1.54, 1.807) is 6.92 Å².